The van der Waals surface area contributed by atoms with E-state index in [2.05, 4.69) is 32.5 Å². The van der Waals surface area contributed by atoms with Gasteiger partial charge in [-0.3, -0.25) is 4.79 Å². The molecule has 1 aliphatic carbocycles. The van der Waals surface area contributed by atoms with Crippen molar-refractivity contribution in [1.29, 1.82) is 0 Å². The highest BCUT2D eigenvalue weighted by Gasteiger charge is 2.37. The van der Waals surface area contributed by atoms with Crippen LogP contribution < -0.4 is 15.8 Å². The van der Waals surface area contributed by atoms with E-state index in [0.29, 0.717) is 5.92 Å². The lowest BCUT2D eigenvalue weighted by Gasteiger charge is -2.30. The van der Waals surface area contributed by atoms with E-state index in [1.807, 2.05) is 18.2 Å². The number of alkyl halides is 3. The second-order valence-electron chi connectivity index (χ2n) is 9.07. The number of amides is 1. The third kappa shape index (κ3) is 4.81. The second kappa shape index (κ2) is 9.72. The zero-order chi connectivity index (χ0) is 26.2. The Morgan fingerprint density at radius 1 is 1.16 bits per heavy atom. The SMILES string of the molecule is COc1ncc(-c2cc(C(F)(F)F)c3c(N)ncnn23)cc1C(=O)N[C@H]1CCCC(c2ccccc2)C1. The maximum absolute atomic E-state index is 13.7. The number of rotatable bonds is 5. The molecule has 3 aromatic heterocycles. The molecular formula is C26H25F3N6O2. The van der Waals surface area contributed by atoms with Crippen molar-refractivity contribution in [3.05, 3.63) is 71.7 Å². The number of ether oxygens (including phenoxy) is 1. The van der Waals surface area contributed by atoms with Gasteiger partial charge >= 0.3 is 6.18 Å². The Hall–Kier alpha value is -4.15. The molecule has 3 N–H and O–H groups in total. The first-order valence-corrected chi connectivity index (χ1v) is 11.9. The van der Waals surface area contributed by atoms with Gasteiger partial charge in [-0.1, -0.05) is 36.8 Å². The summed E-state index contributed by atoms with van der Waals surface area (Å²) in [6.07, 6.45) is 1.37. The summed E-state index contributed by atoms with van der Waals surface area (Å²) in [4.78, 5) is 21.2. The average Bonchev–Trinajstić information content (AvgIpc) is 3.31. The van der Waals surface area contributed by atoms with E-state index in [9.17, 15) is 18.0 Å². The van der Waals surface area contributed by atoms with Crippen LogP contribution in [-0.2, 0) is 6.18 Å². The van der Waals surface area contributed by atoms with Gasteiger partial charge in [0.15, 0.2) is 5.82 Å². The van der Waals surface area contributed by atoms with Gasteiger partial charge in [0.2, 0.25) is 5.88 Å². The summed E-state index contributed by atoms with van der Waals surface area (Å²) in [5.74, 6) is -0.304. The predicted molar refractivity (Wildman–Crippen MR) is 131 cm³/mol. The number of nitrogens with one attached hydrogen (secondary N) is 1. The van der Waals surface area contributed by atoms with Crippen molar-refractivity contribution in [1.82, 2.24) is 24.9 Å². The second-order valence-corrected chi connectivity index (χ2v) is 9.07. The van der Waals surface area contributed by atoms with Crippen molar-refractivity contribution in [3.63, 3.8) is 0 Å². The Balaban J connectivity index is 1.46. The number of fused-ring (bicyclic) bond motifs is 1. The van der Waals surface area contributed by atoms with Crippen molar-refractivity contribution in [2.24, 2.45) is 0 Å². The molecule has 192 valence electrons. The minimum absolute atomic E-state index is 0.0571. The van der Waals surface area contributed by atoms with Gasteiger partial charge in [-0.15, -0.1) is 0 Å². The highest BCUT2D eigenvalue weighted by atomic mass is 19.4. The average molecular weight is 511 g/mol. The smallest absolute Gasteiger partial charge is 0.418 e. The Kier molecular flexibility index (Phi) is 6.45. The van der Waals surface area contributed by atoms with Crippen LogP contribution in [0.1, 0.15) is 53.1 Å². The Labute approximate surface area is 210 Å². The molecule has 0 bridgehead atoms. The maximum Gasteiger partial charge on any atom is 0.418 e. The molecule has 2 atom stereocenters. The molecule has 8 nitrogen and oxygen atoms in total. The van der Waals surface area contributed by atoms with E-state index < -0.39 is 17.6 Å². The number of nitrogens with two attached hydrogens (primary N) is 1. The van der Waals surface area contributed by atoms with Crippen LogP contribution >= 0.6 is 0 Å². The lowest BCUT2D eigenvalue weighted by Crippen LogP contribution is -2.38. The molecule has 0 spiro atoms. The summed E-state index contributed by atoms with van der Waals surface area (Å²) < 4.78 is 47.6. The molecule has 0 aliphatic heterocycles. The summed E-state index contributed by atoms with van der Waals surface area (Å²) in [5.41, 5.74) is 6.10. The molecule has 1 unspecified atom stereocenters. The molecule has 1 fully saturated rings. The van der Waals surface area contributed by atoms with E-state index in [-0.39, 0.29) is 40.1 Å². The first-order valence-electron chi connectivity index (χ1n) is 11.9. The van der Waals surface area contributed by atoms with Gasteiger partial charge < -0.3 is 15.8 Å². The van der Waals surface area contributed by atoms with E-state index in [1.54, 1.807) is 0 Å². The van der Waals surface area contributed by atoms with Crippen LogP contribution in [0.5, 0.6) is 5.88 Å². The van der Waals surface area contributed by atoms with Gasteiger partial charge in [-0.05, 0) is 42.9 Å². The van der Waals surface area contributed by atoms with Gasteiger partial charge in [0.05, 0.1) is 18.4 Å². The standard InChI is InChI=1S/C26H25F3N6O2/c1-37-25-19(24(36)34-18-9-5-8-16(10-18)15-6-3-2-4-7-15)11-17(13-31-25)21-12-20(26(27,28)29)22-23(30)32-14-33-35(21)22/h2-4,6-7,11-14,16,18H,5,8-10H2,1H3,(H,34,36)(H2,30,32,33)/t16?,18-/m0/s1. The number of carbonyl (C=O) groups excluding carboxylic acids is 1. The zero-order valence-electron chi connectivity index (χ0n) is 20.0. The fraction of sp³-hybridized carbons (Fsp3) is 0.308. The van der Waals surface area contributed by atoms with E-state index in [0.717, 1.165) is 42.6 Å². The number of hydrogen-bond donors (Lipinski definition) is 2. The van der Waals surface area contributed by atoms with Gasteiger partial charge in [-0.25, -0.2) is 14.5 Å². The van der Waals surface area contributed by atoms with Crippen LogP contribution in [0.4, 0.5) is 19.0 Å². The Bertz CT molecular complexity index is 1440. The number of aromatic nitrogens is 4. The molecule has 11 heteroatoms. The highest BCUT2D eigenvalue weighted by molar-refractivity contribution is 5.97. The number of hydrogen-bond acceptors (Lipinski definition) is 6. The van der Waals surface area contributed by atoms with Crippen LogP contribution in [0.15, 0.2) is 55.0 Å². The first kappa shape index (κ1) is 24.5. The summed E-state index contributed by atoms with van der Waals surface area (Å²) >= 11 is 0. The molecule has 4 aromatic rings. The van der Waals surface area contributed by atoms with Crippen molar-refractivity contribution in [3.8, 4) is 17.1 Å². The van der Waals surface area contributed by atoms with Gasteiger partial charge in [0.1, 0.15) is 17.4 Å². The summed E-state index contributed by atoms with van der Waals surface area (Å²) in [6, 6.07) is 12.5. The third-order valence-corrected chi connectivity index (χ3v) is 6.75. The predicted octanol–water partition coefficient (Wildman–Crippen LogP) is 4.86. The van der Waals surface area contributed by atoms with Crippen molar-refractivity contribution in [2.75, 3.05) is 12.8 Å². The first-order chi connectivity index (χ1) is 17.8. The van der Waals surface area contributed by atoms with E-state index in [4.69, 9.17) is 10.5 Å². The molecule has 5 rings (SSSR count). The quantitative estimate of drug-likeness (QED) is 0.397. The molecule has 3 heterocycles. The van der Waals surface area contributed by atoms with Gasteiger partial charge in [-0.2, -0.15) is 18.3 Å². The minimum Gasteiger partial charge on any atom is -0.480 e. The molecule has 1 amide bonds. The number of methoxy groups -OCH3 is 1. The lowest BCUT2D eigenvalue weighted by atomic mass is 9.81. The Morgan fingerprint density at radius 3 is 2.68 bits per heavy atom. The summed E-state index contributed by atoms with van der Waals surface area (Å²) in [7, 11) is 1.38. The van der Waals surface area contributed by atoms with Crippen LogP contribution in [0, 0.1) is 0 Å². The fourth-order valence-electron chi connectivity index (χ4n) is 5.02. The number of benzene rings is 1. The molecule has 1 aliphatic rings. The number of nitrogen functional groups attached to an aromatic ring is 1. The topological polar surface area (TPSA) is 107 Å². The number of nitrogens with zero attached hydrogens (tertiary/aromatic N) is 4. The number of pyridine rings is 1. The van der Waals surface area contributed by atoms with Crippen molar-refractivity contribution < 1.29 is 22.7 Å². The minimum atomic E-state index is -4.68. The van der Waals surface area contributed by atoms with Gasteiger partial charge in [0, 0.05) is 17.8 Å². The summed E-state index contributed by atoms with van der Waals surface area (Å²) in [6.45, 7) is 0. The lowest BCUT2D eigenvalue weighted by molar-refractivity contribution is -0.136. The molecule has 1 saturated carbocycles. The molecule has 0 radical (unpaired) electrons. The molecular weight excluding hydrogens is 485 g/mol. The highest BCUT2D eigenvalue weighted by Crippen LogP contribution is 2.39. The Morgan fingerprint density at radius 2 is 1.95 bits per heavy atom. The van der Waals surface area contributed by atoms with E-state index >= 15 is 0 Å². The largest absolute Gasteiger partial charge is 0.480 e. The summed E-state index contributed by atoms with van der Waals surface area (Å²) in [5, 5.41) is 7.04. The third-order valence-electron chi connectivity index (χ3n) is 6.75. The van der Waals surface area contributed by atoms with Gasteiger partial charge in [0.25, 0.3) is 5.91 Å². The van der Waals surface area contributed by atoms with Crippen molar-refractivity contribution >= 4 is 17.2 Å². The maximum atomic E-state index is 13.7. The number of anilines is 1. The van der Waals surface area contributed by atoms with Crippen molar-refractivity contribution in [2.45, 2.75) is 43.8 Å². The normalized spacial score (nSPS) is 18.1. The van der Waals surface area contributed by atoms with Crippen LogP contribution in [0.2, 0.25) is 0 Å². The van der Waals surface area contributed by atoms with E-state index in [1.165, 1.54) is 24.9 Å². The molecule has 1 aromatic carbocycles. The van der Waals surface area contributed by atoms with Crippen LogP contribution in [-0.4, -0.2) is 38.6 Å². The van der Waals surface area contributed by atoms with Crippen LogP contribution in [0.25, 0.3) is 16.8 Å². The number of carbonyl (C=O) groups is 1. The molecule has 37 heavy (non-hydrogen) atoms. The number of halogens is 3. The zero-order valence-corrected chi connectivity index (χ0v) is 20.0. The molecule has 0 saturated heterocycles. The van der Waals surface area contributed by atoms with Crippen LogP contribution in [0.3, 0.4) is 0 Å². The monoisotopic (exact) mass is 510 g/mol. The fourth-order valence-corrected chi connectivity index (χ4v) is 5.02.